The number of hydrogen-bond donors (Lipinski definition) is 0. The summed E-state index contributed by atoms with van der Waals surface area (Å²) >= 11 is 10.9. The van der Waals surface area contributed by atoms with Crippen molar-refractivity contribution in [2.75, 3.05) is 19.3 Å². The minimum absolute atomic E-state index is 0.163. The van der Waals surface area contributed by atoms with E-state index in [0.29, 0.717) is 0 Å². The van der Waals surface area contributed by atoms with Crippen LogP contribution in [0.5, 0.6) is 0 Å². The number of benzene rings is 1. The first-order valence-electron chi connectivity index (χ1n) is 8.84. The molecule has 27 heavy (non-hydrogen) atoms. The molecule has 0 unspecified atom stereocenters. The van der Waals surface area contributed by atoms with Crippen LogP contribution in [0.3, 0.4) is 0 Å². The number of hydrogen-bond acceptors (Lipinski definition) is 5. The second-order valence-electron chi connectivity index (χ2n) is 6.41. The fourth-order valence-corrected chi connectivity index (χ4v) is 6.13. The number of thiophene rings is 1. The molecule has 1 aromatic carbocycles. The van der Waals surface area contributed by atoms with Crippen molar-refractivity contribution in [2.45, 2.75) is 23.5 Å². The SMILES string of the molecule is CSc1sc(C(=O)N2CCCCC2)cc1-c1nc(-c2ccc(Cl)cc2)cs1. The van der Waals surface area contributed by atoms with Crippen molar-refractivity contribution in [1.29, 1.82) is 0 Å². The zero-order valence-electron chi connectivity index (χ0n) is 14.9. The first-order chi connectivity index (χ1) is 13.2. The summed E-state index contributed by atoms with van der Waals surface area (Å²) in [5.41, 5.74) is 3.05. The van der Waals surface area contributed by atoms with Crippen molar-refractivity contribution < 1.29 is 4.79 Å². The van der Waals surface area contributed by atoms with Crippen molar-refractivity contribution in [3.8, 4) is 21.8 Å². The largest absolute Gasteiger partial charge is 0.338 e. The van der Waals surface area contributed by atoms with Crippen molar-refractivity contribution in [3.63, 3.8) is 0 Å². The van der Waals surface area contributed by atoms with E-state index in [1.165, 1.54) is 6.42 Å². The number of aromatic nitrogens is 1. The highest BCUT2D eigenvalue weighted by atomic mass is 35.5. The lowest BCUT2D eigenvalue weighted by Gasteiger charge is -2.26. The Kier molecular flexibility index (Phi) is 5.88. The van der Waals surface area contributed by atoms with Crippen LogP contribution in [-0.4, -0.2) is 35.1 Å². The Morgan fingerprint density at radius 1 is 1.19 bits per heavy atom. The van der Waals surface area contributed by atoms with Crippen LogP contribution in [0.25, 0.3) is 21.8 Å². The van der Waals surface area contributed by atoms with Gasteiger partial charge in [-0.1, -0.05) is 23.7 Å². The normalized spacial score (nSPS) is 14.5. The van der Waals surface area contributed by atoms with Gasteiger partial charge in [0, 0.05) is 34.6 Å². The number of thiazole rings is 1. The van der Waals surface area contributed by atoms with Crippen LogP contribution in [0, 0.1) is 0 Å². The van der Waals surface area contributed by atoms with E-state index in [9.17, 15) is 4.79 Å². The lowest BCUT2D eigenvalue weighted by Crippen LogP contribution is -2.35. The number of carbonyl (C=O) groups is 1. The topological polar surface area (TPSA) is 33.2 Å². The fourth-order valence-electron chi connectivity index (χ4n) is 3.18. The molecule has 1 aliphatic rings. The smallest absolute Gasteiger partial charge is 0.263 e. The van der Waals surface area contributed by atoms with Gasteiger partial charge in [0.2, 0.25) is 0 Å². The summed E-state index contributed by atoms with van der Waals surface area (Å²) < 4.78 is 1.15. The lowest BCUT2D eigenvalue weighted by molar-refractivity contribution is 0.0729. The van der Waals surface area contributed by atoms with Crippen LogP contribution < -0.4 is 0 Å². The second-order valence-corrected chi connectivity index (χ2v) is 9.84. The van der Waals surface area contributed by atoms with Crippen molar-refractivity contribution in [3.05, 3.63) is 45.6 Å². The molecule has 4 rings (SSSR count). The molecule has 7 heteroatoms. The number of amides is 1. The standard InChI is InChI=1S/C20H19ClN2OS3/c1-25-20-15(11-17(27-20)19(24)23-9-3-2-4-10-23)18-22-16(12-26-18)13-5-7-14(21)8-6-13/h5-8,11-12H,2-4,9-10H2,1H3. The van der Waals surface area contributed by atoms with Crippen molar-refractivity contribution >= 4 is 51.9 Å². The summed E-state index contributed by atoms with van der Waals surface area (Å²) in [5.74, 6) is 0.163. The van der Waals surface area contributed by atoms with Crippen molar-refractivity contribution in [2.24, 2.45) is 0 Å². The fraction of sp³-hybridized carbons (Fsp3) is 0.300. The summed E-state index contributed by atoms with van der Waals surface area (Å²) in [4.78, 5) is 20.5. The Balaban J connectivity index is 1.63. The van der Waals surface area contributed by atoms with Gasteiger partial charge in [-0.15, -0.1) is 34.4 Å². The average molecular weight is 435 g/mol. The summed E-state index contributed by atoms with van der Waals surface area (Å²) in [7, 11) is 0. The van der Waals surface area contributed by atoms with E-state index in [1.54, 1.807) is 34.4 Å². The monoisotopic (exact) mass is 434 g/mol. The number of carbonyl (C=O) groups excluding carboxylic acids is 1. The Bertz CT molecular complexity index is 943. The molecule has 1 saturated heterocycles. The molecule has 0 aliphatic carbocycles. The summed E-state index contributed by atoms with van der Waals surface area (Å²) in [5, 5.41) is 3.74. The molecule has 0 saturated carbocycles. The Hall–Kier alpha value is -1.34. The van der Waals surface area contributed by atoms with Crippen LogP contribution in [0.2, 0.25) is 5.02 Å². The van der Waals surface area contributed by atoms with Gasteiger partial charge in [-0.05, 0) is 43.7 Å². The van der Waals surface area contributed by atoms with E-state index < -0.39 is 0 Å². The number of halogens is 1. The third-order valence-corrected chi connectivity index (χ3v) is 8.00. The Morgan fingerprint density at radius 2 is 1.93 bits per heavy atom. The van der Waals surface area contributed by atoms with Gasteiger partial charge in [-0.2, -0.15) is 0 Å². The third-order valence-electron chi connectivity index (χ3n) is 4.61. The number of piperidine rings is 1. The molecule has 0 atom stereocenters. The Labute approximate surface area is 176 Å². The number of rotatable bonds is 4. The maximum atomic E-state index is 12.9. The molecule has 2 aromatic heterocycles. The van der Waals surface area contributed by atoms with Gasteiger partial charge in [0.25, 0.3) is 5.91 Å². The molecule has 0 N–H and O–H groups in total. The van der Waals surface area contributed by atoms with E-state index >= 15 is 0 Å². The number of thioether (sulfide) groups is 1. The van der Waals surface area contributed by atoms with E-state index in [4.69, 9.17) is 16.6 Å². The van der Waals surface area contributed by atoms with Crippen LogP contribution >= 0.6 is 46.0 Å². The maximum Gasteiger partial charge on any atom is 0.263 e. The highest BCUT2D eigenvalue weighted by molar-refractivity contribution is 8.00. The predicted molar refractivity (Wildman–Crippen MR) is 117 cm³/mol. The molecule has 1 amide bonds. The summed E-state index contributed by atoms with van der Waals surface area (Å²) in [6, 6.07) is 9.75. The molecule has 140 valence electrons. The second kappa shape index (κ2) is 8.35. The lowest BCUT2D eigenvalue weighted by atomic mass is 10.1. The summed E-state index contributed by atoms with van der Waals surface area (Å²) in [6.07, 6.45) is 5.49. The third kappa shape index (κ3) is 4.09. The van der Waals surface area contributed by atoms with Gasteiger partial charge in [0.1, 0.15) is 5.01 Å². The van der Waals surface area contributed by atoms with Crippen LogP contribution in [0.1, 0.15) is 28.9 Å². The van der Waals surface area contributed by atoms with Gasteiger partial charge in [-0.3, -0.25) is 4.79 Å². The number of nitrogens with zero attached hydrogens (tertiary/aromatic N) is 2. The van der Waals surface area contributed by atoms with E-state index in [-0.39, 0.29) is 5.91 Å². The molecular weight excluding hydrogens is 416 g/mol. The zero-order chi connectivity index (χ0) is 18.8. The summed E-state index contributed by atoms with van der Waals surface area (Å²) in [6.45, 7) is 1.75. The van der Waals surface area contributed by atoms with E-state index in [1.807, 2.05) is 35.2 Å². The number of likely N-dealkylation sites (tertiary alicyclic amines) is 1. The maximum absolute atomic E-state index is 12.9. The highest BCUT2D eigenvalue weighted by Gasteiger charge is 2.23. The van der Waals surface area contributed by atoms with Gasteiger partial charge >= 0.3 is 0 Å². The minimum Gasteiger partial charge on any atom is -0.338 e. The molecule has 0 spiro atoms. The molecule has 3 aromatic rings. The first kappa shape index (κ1) is 19.0. The predicted octanol–water partition coefficient (Wildman–Crippen LogP) is 6.54. The van der Waals surface area contributed by atoms with Gasteiger partial charge in [-0.25, -0.2) is 4.98 Å². The van der Waals surface area contributed by atoms with E-state index in [2.05, 4.69) is 11.6 Å². The first-order valence-corrected chi connectivity index (χ1v) is 12.1. The molecule has 3 heterocycles. The van der Waals surface area contributed by atoms with Crippen LogP contribution in [0.4, 0.5) is 0 Å². The minimum atomic E-state index is 0.163. The molecule has 3 nitrogen and oxygen atoms in total. The van der Waals surface area contributed by atoms with Crippen LogP contribution in [-0.2, 0) is 0 Å². The molecule has 1 aliphatic heterocycles. The molecule has 0 radical (unpaired) electrons. The Morgan fingerprint density at radius 3 is 2.63 bits per heavy atom. The zero-order valence-corrected chi connectivity index (χ0v) is 18.1. The molecule has 1 fully saturated rings. The quantitative estimate of drug-likeness (QED) is 0.437. The molecular formula is C20H19ClN2OS3. The van der Waals surface area contributed by atoms with Crippen molar-refractivity contribution in [1.82, 2.24) is 9.88 Å². The average Bonchev–Trinajstić information content (AvgIpc) is 3.35. The highest BCUT2D eigenvalue weighted by Crippen LogP contribution is 2.40. The van der Waals surface area contributed by atoms with E-state index in [0.717, 1.165) is 61.9 Å². The van der Waals surface area contributed by atoms with Gasteiger partial charge in [0.05, 0.1) is 14.8 Å². The van der Waals surface area contributed by atoms with Gasteiger partial charge in [0.15, 0.2) is 0 Å². The van der Waals surface area contributed by atoms with Gasteiger partial charge < -0.3 is 4.90 Å². The van der Waals surface area contributed by atoms with Crippen LogP contribution in [0.15, 0.2) is 39.9 Å². The molecule has 0 bridgehead atoms.